The molecule has 0 saturated carbocycles. The Balaban J connectivity index is 2.57. The summed E-state index contributed by atoms with van der Waals surface area (Å²) in [7, 11) is 0. The zero-order chi connectivity index (χ0) is 15.1. The highest BCUT2D eigenvalue weighted by Gasteiger charge is 2.17. The number of aryl methyl sites for hydroxylation is 1. The SMILES string of the molecule is CCn1ccnc1SCC(=O)N(CC(C)C)CC(C)C. The Morgan fingerprint density at radius 3 is 2.40 bits per heavy atom. The molecule has 0 spiro atoms. The van der Waals surface area contributed by atoms with Gasteiger partial charge in [-0.2, -0.15) is 0 Å². The summed E-state index contributed by atoms with van der Waals surface area (Å²) in [6, 6.07) is 0. The van der Waals surface area contributed by atoms with Crippen LogP contribution in [0, 0.1) is 11.8 Å². The van der Waals surface area contributed by atoms with Crippen LogP contribution in [0.25, 0.3) is 0 Å². The van der Waals surface area contributed by atoms with Crippen molar-refractivity contribution in [1.82, 2.24) is 14.5 Å². The summed E-state index contributed by atoms with van der Waals surface area (Å²) >= 11 is 1.53. The van der Waals surface area contributed by atoms with E-state index in [-0.39, 0.29) is 5.91 Å². The first kappa shape index (κ1) is 17.1. The van der Waals surface area contributed by atoms with E-state index in [1.165, 1.54) is 11.8 Å². The van der Waals surface area contributed by atoms with Gasteiger partial charge >= 0.3 is 0 Å². The lowest BCUT2D eigenvalue weighted by molar-refractivity contribution is -0.129. The Hall–Kier alpha value is -0.970. The van der Waals surface area contributed by atoms with E-state index in [1.54, 1.807) is 6.20 Å². The summed E-state index contributed by atoms with van der Waals surface area (Å²) in [6.45, 7) is 13.2. The van der Waals surface area contributed by atoms with Gasteiger partial charge in [-0.05, 0) is 18.8 Å². The van der Waals surface area contributed by atoms with Crippen molar-refractivity contribution in [2.75, 3.05) is 18.8 Å². The van der Waals surface area contributed by atoms with E-state index in [2.05, 4.69) is 44.2 Å². The first-order valence-corrected chi connectivity index (χ1v) is 8.34. The first-order chi connectivity index (χ1) is 9.43. The van der Waals surface area contributed by atoms with Crippen LogP contribution in [0.1, 0.15) is 34.6 Å². The van der Waals surface area contributed by atoms with Gasteiger partial charge in [0.2, 0.25) is 5.91 Å². The lowest BCUT2D eigenvalue weighted by atomic mass is 10.1. The van der Waals surface area contributed by atoms with Crippen molar-refractivity contribution in [3.05, 3.63) is 12.4 Å². The molecule has 0 N–H and O–H groups in total. The van der Waals surface area contributed by atoms with Gasteiger partial charge in [0.05, 0.1) is 5.75 Å². The quantitative estimate of drug-likeness (QED) is 0.692. The molecule has 1 amide bonds. The number of hydrogen-bond donors (Lipinski definition) is 0. The molecular weight excluding hydrogens is 270 g/mol. The molecule has 1 aromatic heterocycles. The molecule has 1 rings (SSSR count). The minimum atomic E-state index is 0.211. The molecule has 0 fully saturated rings. The molecule has 5 heteroatoms. The van der Waals surface area contributed by atoms with Crippen molar-refractivity contribution in [1.29, 1.82) is 0 Å². The molecule has 0 aliphatic carbocycles. The lowest BCUT2D eigenvalue weighted by Crippen LogP contribution is -2.38. The van der Waals surface area contributed by atoms with Crippen molar-refractivity contribution in [3.63, 3.8) is 0 Å². The Morgan fingerprint density at radius 1 is 1.30 bits per heavy atom. The van der Waals surface area contributed by atoms with Crippen molar-refractivity contribution >= 4 is 17.7 Å². The van der Waals surface area contributed by atoms with E-state index >= 15 is 0 Å². The number of hydrogen-bond acceptors (Lipinski definition) is 3. The minimum absolute atomic E-state index is 0.211. The highest BCUT2D eigenvalue weighted by molar-refractivity contribution is 7.99. The normalized spacial score (nSPS) is 11.3. The zero-order valence-corrected chi connectivity index (χ0v) is 14.1. The molecule has 0 aliphatic heterocycles. The van der Waals surface area contributed by atoms with E-state index < -0.39 is 0 Å². The first-order valence-electron chi connectivity index (χ1n) is 7.35. The predicted molar refractivity (Wildman–Crippen MR) is 84.9 cm³/mol. The molecular formula is C15H27N3OS. The van der Waals surface area contributed by atoms with Gasteiger partial charge in [0.15, 0.2) is 5.16 Å². The number of imidazole rings is 1. The number of amides is 1. The smallest absolute Gasteiger partial charge is 0.233 e. The van der Waals surface area contributed by atoms with E-state index in [1.807, 2.05) is 11.1 Å². The monoisotopic (exact) mass is 297 g/mol. The number of carbonyl (C=O) groups is 1. The van der Waals surface area contributed by atoms with E-state index in [9.17, 15) is 4.79 Å². The second-order valence-electron chi connectivity index (χ2n) is 5.87. The van der Waals surface area contributed by atoms with Crippen LogP contribution in [0.15, 0.2) is 17.6 Å². The molecule has 1 heterocycles. The Bertz CT molecular complexity index is 405. The fourth-order valence-electron chi connectivity index (χ4n) is 2.05. The van der Waals surface area contributed by atoms with Crippen LogP contribution in [0.2, 0.25) is 0 Å². The predicted octanol–water partition coefficient (Wildman–Crippen LogP) is 3.14. The Labute approximate surface area is 126 Å². The second-order valence-corrected chi connectivity index (χ2v) is 6.81. The van der Waals surface area contributed by atoms with Crippen LogP contribution in [0.3, 0.4) is 0 Å². The molecule has 0 radical (unpaired) electrons. The van der Waals surface area contributed by atoms with Crippen LogP contribution in [-0.4, -0.2) is 39.2 Å². The number of aromatic nitrogens is 2. The maximum absolute atomic E-state index is 12.4. The van der Waals surface area contributed by atoms with Crippen LogP contribution < -0.4 is 0 Å². The fourth-order valence-corrected chi connectivity index (χ4v) is 2.98. The highest BCUT2D eigenvalue weighted by atomic mass is 32.2. The minimum Gasteiger partial charge on any atom is -0.341 e. The summed E-state index contributed by atoms with van der Waals surface area (Å²) < 4.78 is 2.06. The summed E-state index contributed by atoms with van der Waals surface area (Å²) in [4.78, 5) is 18.7. The van der Waals surface area contributed by atoms with Crippen molar-refractivity contribution in [2.24, 2.45) is 11.8 Å². The molecule has 114 valence electrons. The van der Waals surface area contributed by atoms with Crippen molar-refractivity contribution < 1.29 is 4.79 Å². The number of thioether (sulfide) groups is 1. The molecule has 0 aliphatic rings. The number of carbonyl (C=O) groups excluding carboxylic acids is 1. The second kappa shape index (κ2) is 8.35. The van der Waals surface area contributed by atoms with Gasteiger partial charge < -0.3 is 9.47 Å². The maximum Gasteiger partial charge on any atom is 0.233 e. The lowest BCUT2D eigenvalue weighted by Gasteiger charge is -2.26. The summed E-state index contributed by atoms with van der Waals surface area (Å²) in [5.41, 5.74) is 0. The molecule has 0 saturated heterocycles. The van der Waals surface area contributed by atoms with E-state index in [0.717, 1.165) is 24.8 Å². The highest BCUT2D eigenvalue weighted by Crippen LogP contribution is 2.17. The molecule has 1 aromatic rings. The number of nitrogens with zero attached hydrogens (tertiary/aromatic N) is 3. The van der Waals surface area contributed by atoms with Gasteiger partial charge in [0.25, 0.3) is 0 Å². The molecule has 0 aromatic carbocycles. The molecule has 0 unspecified atom stereocenters. The van der Waals surface area contributed by atoms with Gasteiger partial charge in [-0.15, -0.1) is 0 Å². The van der Waals surface area contributed by atoms with Gasteiger partial charge in [-0.1, -0.05) is 39.5 Å². The van der Waals surface area contributed by atoms with Crippen molar-refractivity contribution in [3.8, 4) is 0 Å². The summed E-state index contributed by atoms with van der Waals surface area (Å²) in [6.07, 6.45) is 3.74. The third kappa shape index (κ3) is 5.57. The largest absolute Gasteiger partial charge is 0.341 e. The third-order valence-electron chi connectivity index (χ3n) is 2.87. The maximum atomic E-state index is 12.4. The molecule has 0 atom stereocenters. The average Bonchev–Trinajstić information content (AvgIpc) is 2.81. The summed E-state index contributed by atoms with van der Waals surface area (Å²) in [5.74, 6) is 1.68. The molecule has 0 bridgehead atoms. The van der Waals surface area contributed by atoms with Gasteiger partial charge in [0, 0.05) is 32.0 Å². The van der Waals surface area contributed by atoms with E-state index in [0.29, 0.717) is 17.6 Å². The van der Waals surface area contributed by atoms with Crippen molar-refractivity contribution in [2.45, 2.75) is 46.3 Å². The van der Waals surface area contributed by atoms with Gasteiger partial charge in [-0.3, -0.25) is 4.79 Å². The molecule has 4 nitrogen and oxygen atoms in total. The number of rotatable bonds is 8. The van der Waals surface area contributed by atoms with Crippen LogP contribution in [0.5, 0.6) is 0 Å². The van der Waals surface area contributed by atoms with Crippen LogP contribution in [-0.2, 0) is 11.3 Å². The van der Waals surface area contributed by atoms with Crippen LogP contribution >= 0.6 is 11.8 Å². The third-order valence-corrected chi connectivity index (χ3v) is 3.86. The fraction of sp³-hybridized carbons (Fsp3) is 0.733. The Morgan fingerprint density at radius 2 is 1.90 bits per heavy atom. The zero-order valence-electron chi connectivity index (χ0n) is 13.3. The Kier molecular flexibility index (Phi) is 7.13. The van der Waals surface area contributed by atoms with E-state index in [4.69, 9.17) is 0 Å². The summed E-state index contributed by atoms with van der Waals surface area (Å²) in [5, 5.41) is 0.926. The standard InChI is InChI=1S/C15H27N3OS/c1-6-17-8-7-16-15(17)20-11-14(19)18(9-12(2)3)10-13(4)5/h7-8,12-13H,6,9-11H2,1-5H3. The molecule has 20 heavy (non-hydrogen) atoms. The van der Waals surface area contributed by atoms with Crippen LogP contribution in [0.4, 0.5) is 0 Å². The van der Waals surface area contributed by atoms with Gasteiger partial charge in [-0.25, -0.2) is 4.98 Å². The van der Waals surface area contributed by atoms with Gasteiger partial charge in [0.1, 0.15) is 0 Å². The average molecular weight is 297 g/mol. The topological polar surface area (TPSA) is 38.1 Å².